The van der Waals surface area contributed by atoms with Crippen molar-refractivity contribution in [1.82, 2.24) is 20.8 Å². The van der Waals surface area contributed by atoms with Gasteiger partial charge in [-0.05, 0) is 57.0 Å². The Kier molecular flexibility index (Phi) is 7.25. The van der Waals surface area contributed by atoms with Crippen molar-refractivity contribution in [2.24, 2.45) is 5.92 Å². The molecule has 28 heavy (non-hydrogen) atoms. The van der Waals surface area contributed by atoms with Crippen LogP contribution in [-0.2, 0) is 11.2 Å². The molecular formula is C20H28N4O4. The van der Waals surface area contributed by atoms with Gasteiger partial charge in [0.25, 0.3) is 0 Å². The van der Waals surface area contributed by atoms with Crippen molar-refractivity contribution in [3.63, 3.8) is 0 Å². The van der Waals surface area contributed by atoms with Crippen molar-refractivity contribution in [2.45, 2.75) is 38.5 Å². The number of aromatic nitrogens is 2. The molecule has 0 bridgehead atoms. The summed E-state index contributed by atoms with van der Waals surface area (Å²) >= 11 is 0. The zero-order chi connectivity index (χ0) is 19.8. The van der Waals surface area contributed by atoms with Crippen LogP contribution < -0.4 is 15.4 Å². The highest BCUT2D eigenvalue weighted by Gasteiger charge is 2.20. The molecule has 1 aromatic carbocycles. The van der Waals surface area contributed by atoms with Gasteiger partial charge < -0.3 is 25.0 Å². The molecule has 1 aliphatic heterocycles. The highest BCUT2D eigenvalue weighted by atomic mass is 16.5. The minimum atomic E-state index is 0.0715. The van der Waals surface area contributed by atoms with E-state index in [1.807, 2.05) is 0 Å². The molecule has 1 aliphatic rings. The Morgan fingerprint density at radius 1 is 1.32 bits per heavy atom. The van der Waals surface area contributed by atoms with Crippen LogP contribution in [0.2, 0.25) is 0 Å². The van der Waals surface area contributed by atoms with Crippen LogP contribution in [0, 0.1) is 5.92 Å². The fourth-order valence-electron chi connectivity index (χ4n) is 3.31. The van der Waals surface area contributed by atoms with Gasteiger partial charge in [0.05, 0.1) is 7.11 Å². The van der Waals surface area contributed by atoms with Crippen LogP contribution in [0.4, 0.5) is 0 Å². The van der Waals surface area contributed by atoms with Crippen LogP contribution in [0.25, 0.3) is 11.4 Å². The Balaban J connectivity index is 1.36. The minimum absolute atomic E-state index is 0.0715. The van der Waals surface area contributed by atoms with E-state index in [4.69, 9.17) is 9.26 Å². The third-order valence-electron chi connectivity index (χ3n) is 4.98. The van der Waals surface area contributed by atoms with E-state index in [1.54, 1.807) is 18.2 Å². The van der Waals surface area contributed by atoms with Crippen molar-refractivity contribution in [3.05, 3.63) is 24.1 Å². The van der Waals surface area contributed by atoms with Crippen LogP contribution in [0.3, 0.4) is 0 Å². The first-order valence-electron chi connectivity index (χ1n) is 9.86. The van der Waals surface area contributed by atoms with E-state index < -0.39 is 0 Å². The third kappa shape index (κ3) is 5.45. The molecule has 0 unspecified atom stereocenters. The second-order valence-corrected chi connectivity index (χ2v) is 7.02. The van der Waals surface area contributed by atoms with Crippen LogP contribution in [-0.4, -0.2) is 47.9 Å². The second kappa shape index (κ2) is 10.1. The second-order valence-electron chi connectivity index (χ2n) is 7.02. The number of methoxy groups -OCH3 is 1. The standard InChI is InChI=1S/C20H28N4O4/c1-27-17-13-15(6-7-16(17)25)19-23-18(28-24-19)5-3-2-4-10-22-20(26)14-8-11-21-12-9-14/h6-7,13-14,21,25H,2-5,8-12H2,1H3,(H,22,26). The predicted molar refractivity (Wildman–Crippen MR) is 104 cm³/mol. The number of carbonyl (C=O) groups is 1. The number of nitrogens with one attached hydrogen (secondary N) is 2. The minimum Gasteiger partial charge on any atom is -0.504 e. The van der Waals surface area contributed by atoms with Crippen molar-refractivity contribution in [3.8, 4) is 22.9 Å². The normalized spacial score (nSPS) is 14.8. The number of phenolic OH excluding ortho intramolecular Hbond substituents is 1. The highest BCUT2D eigenvalue weighted by Crippen LogP contribution is 2.30. The van der Waals surface area contributed by atoms with Crippen LogP contribution in [0.15, 0.2) is 22.7 Å². The number of carbonyl (C=O) groups excluding carboxylic acids is 1. The average molecular weight is 388 g/mol. The van der Waals surface area contributed by atoms with Gasteiger partial charge in [-0.3, -0.25) is 4.79 Å². The summed E-state index contributed by atoms with van der Waals surface area (Å²) < 4.78 is 10.4. The van der Waals surface area contributed by atoms with Crippen molar-refractivity contribution in [1.29, 1.82) is 0 Å². The molecule has 1 fully saturated rings. The number of amides is 1. The Hall–Kier alpha value is -2.61. The number of aromatic hydroxyl groups is 1. The molecule has 2 heterocycles. The number of rotatable bonds is 9. The molecule has 0 aliphatic carbocycles. The first-order chi connectivity index (χ1) is 13.7. The summed E-state index contributed by atoms with van der Waals surface area (Å²) in [6.45, 7) is 2.58. The number of unbranched alkanes of at least 4 members (excludes halogenated alkanes) is 2. The molecule has 1 aromatic heterocycles. The smallest absolute Gasteiger partial charge is 0.226 e. The lowest BCUT2D eigenvalue weighted by Gasteiger charge is -2.21. The highest BCUT2D eigenvalue weighted by molar-refractivity contribution is 5.78. The SMILES string of the molecule is COc1cc(-c2noc(CCCCCNC(=O)C3CCNCC3)n2)ccc1O. The Labute approximate surface area is 164 Å². The van der Waals surface area contributed by atoms with E-state index in [0.717, 1.165) is 50.8 Å². The molecule has 0 spiro atoms. The van der Waals surface area contributed by atoms with Gasteiger partial charge in [-0.25, -0.2) is 0 Å². The van der Waals surface area contributed by atoms with Crippen molar-refractivity contribution < 1.29 is 19.2 Å². The molecular weight excluding hydrogens is 360 g/mol. The van der Waals surface area contributed by atoms with Crippen LogP contribution in [0.1, 0.15) is 38.0 Å². The topological polar surface area (TPSA) is 110 Å². The maximum absolute atomic E-state index is 12.1. The van der Waals surface area contributed by atoms with Gasteiger partial charge in [-0.2, -0.15) is 4.98 Å². The number of aryl methyl sites for hydroxylation is 1. The molecule has 8 nitrogen and oxygen atoms in total. The Morgan fingerprint density at radius 2 is 2.14 bits per heavy atom. The van der Waals surface area contributed by atoms with E-state index in [1.165, 1.54) is 7.11 Å². The number of nitrogens with zero attached hydrogens (tertiary/aromatic N) is 2. The zero-order valence-corrected chi connectivity index (χ0v) is 16.2. The zero-order valence-electron chi connectivity index (χ0n) is 16.2. The maximum Gasteiger partial charge on any atom is 0.226 e. The fourth-order valence-corrected chi connectivity index (χ4v) is 3.31. The maximum atomic E-state index is 12.1. The first-order valence-corrected chi connectivity index (χ1v) is 9.86. The van der Waals surface area contributed by atoms with Gasteiger partial charge >= 0.3 is 0 Å². The van der Waals surface area contributed by atoms with Gasteiger partial charge in [0.2, 0.25) is 17.6 Å². The lowest BCUT2D eigenvalue weighted by Crippen LogP contribution is -2.38. The van der Waals surface area contributed by atoms with Gasteiger partial charge in [-0.1, -0.05) is 11.6 Å². The molecule has 2 aromatic rings. The average Bonchev–Trinajstić information content (AvgIpc) is 3.20. The lowest BCUT2D eigenvalue weighted by molar-refractivity contribution is -0.125. The summed E-state index contributed by atoms with van der Waals surface area (Å²) in [4.78, 5) is 16.5. The molecule has 0 saturated carbocycles. The molecule has 0 atom stereocenters. The number of hydrogen-bond acceptors (Lipinski definition) is 7. The summed E-state index contributed by atoms with van der Waals surface area (Å²) in [5, 5.41) is 20.0. The van der Waals surface area contributed by atoms with E-state index in [9.17, 15) is 9.90 Å². The van der Waals surface area contributed by atoms with E-state index in [0.29, 0.717) is 30.4 Å². The Bertz CT molecular complexity index is 771. The van der Waals surface area contributed by atoms with Crippen molar-refractivity contribution >= 4 is 5.91 Å². The van der Waals surface area contributed by atoms with Crippen LogP contribution >= 0.6 is 0 Å². The van der Waals surface area contributed by atoms with E-state index in [-0.39, 0.29) is 17.6 Å². The van der Waals surface area contributed by atoms with Crippen LogP contribution in [0.5, 0.6) is 11.5 Å². The predicted octanol–water partition coefficient (Wildman–Crippen LogP) is 2.28. The quantitative estimate of drug-likeness (QED) is 0.565. The monoisotopic (exact) mass is 388 g/mol. The summed E-state index contributed by atoms with van der Waals surface area (Å²) in [5.41, 5.74) is 0.727. The Morgan fingerprint density at radius 3 is 2.93 bits per heavy atom. The number of ether oxygens (including phenoxy) is 1. The number of phenols is 1. The van der Waals surface area contributed by atoms with Gasteiger partial charge in [0.1, 0.15) is 0 Å². The van der Waals surface area contributed by atoms with Crippen molar-refractivity contribution in [2.75, 3.05) is 26.7 Å². The lowest BCUT2D eigenvalue weighted by atomic mass is 9.97. The molecule has 3 N–H and O–H groups in total. The number of piperidine rings is 1. The summed E-state index contributed by atoms with van der Waals surface area (Å²) in [7, 11) is 1.50. The third-order valence-corrected chi connectivity index (χ3v) is 4.98. The first kappa shape index (κ1) is 20.1. The van der Waals surface area contributed by atoms with E-state index in [2.05, 4.69) is 20.8 Å². The van der Waals surface area contributed by atoms with Gasteiger partial charge in [-0.15, -0.1) is 0 Å². The largest absolute Gasteiger partial charge is 0.504 e. The number of benzene rings is 1. The van der Waals surface area contributed by atoms with E-state index >= 15 is 0 Å². The number of hydrogen-bond donors (Lipinski definition) is 3. The summed E-state index contributed by atoms with van der Waals surface area (Å²) in [6.07, 6.45) is 5.40. The fraction of sp³-hybridized carbons (Fsp3) is 0.550. The van der Waals surface area contributed by atoms with Gasteiger partial charge in [0, 0.05) is 24.4 Å². The summed E-state index contributed by atoms with van der Waals surface area (Å²) in [6, 6.07) is 4.94. The molecule has 0 radical (unpaired) electrons. The summed E-state index contributed by atoms with van der Waals surface area (Å²) in [5.74, 6) is 1.85. The molecule has 8 heteroatoms. The molecule has 152 valence electrons. The molecule has 1 saturated heterocycles. The molecule has 1 amide bonds. The molecule has 3 rings (SSSR count). The van der Waals surface area contributed by atoms with Gasteiger partial charge in [0.15, 0.2) is 11.5 Å².